The molecule has 1 heterocycles. The van der Waals surface area contributed by atoms with Gasteiger partial charge < -0.3 is 0 Å². The van der Waals surface area contributed by atoms with Crippen LogP contribution >= 0.6 is 0 Å². The molecule has 1 N–H and O–H groups in total. The molecule has 3 nitrogen and oxygen atoms in total. The van der Waals surface area contributed by atoms with E-state index in [1.54, 1.807) is 18.4 Å². The molecule has 1 atom stereocenters. The van der Waals surface area contributed by atoms with Crippen molar-refractivity contribution >= 4 is 12.0 Å². The molecule has 0 radical (unpaired) electrons. The molecular weight excluding hydrogens is 176 g/mol. The van der Waals surface area contributed by atoms with Crippen molar-refractivity contribution in [3.63, 3.8) is 0 Å². The molecule has 2 aliphatic carbocycles. The lowest BCUT2D eigenvalue weighted by atomic mass is 9.80. The Balaban J connectivity index is 2.21. The highest BCUT2D eigenvalue weighted by Gasteiger charge is 2.29. The van der Waals surface area contributed by atoms with E-state index in [2.05, 4.69) is 10.5 Å². The zero-order chi connectivity index (χ0) is 9.54. The van der Waals surface area contributed by atoms with E-state index < -0.39 is 0 Å². The number of nitrogens with zero attached hydrogens (tertiary/aromatic N) is 1. The smallest absolute Gasteiger partial charge is 0.179 e. The Bertz CT molecular complexity index is 464. The Hall–Kier alpha value is -1.90. The first-order chi connectivity index (χ1) is 6.84. The number of carbonyl (C=O) groups excluding carboxylic acids is 1. The van der Waals surface area contributed by atoms with Crippen LogP contribution in [0.4, 0.5) is 0 Å². The van der Waals surface area contributed by atoms with E-state index in [1.807, 2.05) is 18.2 Å². The summed E-state index contributed by atoms with van der Waals surface area (Å²) in [4.78, 5) is 11.3. The number of allylic oxidation sites excluding steroid dienone is 6. The molecule has 1 aliphatic heterocycles. The van der Waals surface area contributed by atoms with E-state index in [1.165, 1.54) is 0 Å². The molecule has 0 aromatic rings. The van der Waals surface area contributed by atoms with Crippen LogP contribution in [0.1, 0.15) is 0 Å². The van der Waals surface area contributed by atoms with Crippen LogP contribution in [0.15, 0.2) is 52.3 Å². The molecule has 0 saturated carbocycles. The lowest BCUT2D eigenvalue weighted by Crippen LogP contribution is -2.28. The number of ketones is 1. The molecule has 3 heteroatoms. The highest BCUT2D eigenvalue weighted by molar-refractivity contribution is 6.06. The number of hydrogen-bond donors (Lipinski definition) is 1. The fraction of sp³-hybridized carbons (Fsp3) is 0.0909. The van der Waals surface area contributed by atoms with Crippen LogP contribution < -0.4 is 5.43 Å². The summed E-state index contributed by atoms with van der Waals surface area (Å²) in [6.07, 6.45) is 10.9. The van der Waals surface area contributed by atoms with Gasteiger partial charge in [0.1, 0.15) is 0 Å². The van der Waals surface area contributed by atoms with Crippen LogP contribution in [-0.2, 0) is 4.79 Å². The zero-order valence-corrected chi connectivity index (χ0v) is 7.40. The number of rotatable bonds is 0. The van der Waals surface area contributed by atoms with Gasteiger partial charge >= 0.3 is 0 Å². The Labute approximate surface area is 81.2 Å². The van der Waals surface area contributed by atoms with E-state index in [0.29, 0.717) is 0 Å². The molecule has 0 aromatic heterocycles. The first-order valence-corrected chi connectivity index (χ1v) is 4.49. The predicted molar refractivity (Wildman–Crippen MR) is 53.5 cm³/mol. The van der Waals surface area contributed by atoms with Crippen LogP contribution in [0, 0.1) is 5.92 Å². The minimum atomic E-state index is 0.0468. The normalized spacial score (nSPS) is 27.3. The zero-order valence-electron chi connectivity index (χ0n) is 7.40. The Morgan fingerprint density at radius 1 is 1.29 bits per heavy atom. The molecule has 0 aromatic carbocycles. The standard InChI is InChI=1S/C11H8N2O/c14-9-4-7-2-1-3-10-11(7)8(5-9)6-12-13-10/h1-6,11,13H. The van der Waals surface area contributed by atoms with E-state index >= 15 is 0 Å². The van der Waals surface area contributed by atoms with Crippen molar-refractivity contribution < 1.29 is 4.79 Å². The third kappa shape index (κ3) is 0.923. The lowest BCUT2D eigenvalue weighted by Gasteiger charge is -2.29. The summed E-state index contributed by atoms with van der Waals surface area (Å²) in [5.41, 5.74) is 6.01. The molecule has 0 saturated heterocycles. The first-order valence-electron chi connectivity index (χ1n) is 4.49. The summed E-state index contributed by atoms with van der Waals surface area (Å²) in [7, 11) is 0. The molecule has 68 valence electrons. The van der Waals surface area contributed by atoms with Gasteiger partial charge in [-0.2, -0.15) is 5.10 Å². The van der Waals surface area contributed by atoms with Crippen LogP contribution in [-0.4, -0.2) is 12.0 Å². The fourth-order valence-electron chi connectivity index (χ4n) is 1.99. The second-order valence-corrected chi connectivity index (χ2v) is 3.48. The highest BCUT2D eigenvalue weighted by Crippen LogP contribution is 2.34. The topological polar surface area (TPSA) is 41.5 Å². The summed E-state index contributed by atoms with van der Waals surface area (Å²) in [5.74, 6) is 0.237. The van der Waals surface area contributed by atoms with Gasteiger partial charge in [-0.15, -0.1) is 0 Å². The van der Waals surface area contributed by atoms with Gasteiger partial charge in [0.05, 0.1) is 12.1 Å². The number of hydrazone groups is 1. The first kappa shape index (κ1) is 7.50. The minimum Gasteiger partial charge on any atom is -0.290 e. The molecule has 0 bridgehead atoms. The summed E-state index contributed by atoms with van der Waals surface area (Å²) in [5, 5.41) is 3.99. The molecule has 0 spiro atoms. The van der Waals surface area contributed by atoms with Crippen molar-refractivity contribution in [3.8, 4) is 0 Å². The Kier molecular flexibility index (Phi) is 1.36. The lowest BCUT2D eigenvalue weighted by molar-refractivity contribution is -0.110. The molecule has 0 amide bonds. The Morgan fingerprint density at radius 3 is 3.07 bits per heavy atom. The van der Waals surface area contributed by atoms with Crippen LogP contribution in [0.2, 0.25) is 0 Å². The van der Waals surface area contributed by atoms with Crippen LogP contribution in [0.5, 0.6) is 0 Å². The summed E-state index contributed by atoms with van der Waals surface area (Å²) in [6, 6.07) is 0. The maximum atomic E-state index is 11.3. The van der Waals surface area contributed by atoms with Gasteiger partial charge in [-0.05, 0) is 29.4 Å². The molecule has 0 fully saturated rings. The molecule has 3 aliphatic rings. The molecule has 14 heavy (non-hydrogen) atoms. The Morgan fingerprint density at radius 2 is 2.14 bits per heavy atom. The van der Waals surface area contributed by atoms with Crippen molar-refractivity contribution in [2.75, 3.05) is 0 Å². The third-order valence-corrected chi connectivity index (χ3v) is 2.57. The van der Waals surface area contributed by atoms with E-state index in [9.17, 15) is 4.79 Å². The largest absolute Gasteiger partial charge is 0.290 e. The second-order valence-electron chi connectivity index (χ2n) is 3.48. The summed E-state index contributed by atoms with van der Waals surface area (Å²) in [6.45, 7) is 0. The van der Waals surface area contributed by atoms with E-state index in [-0.39, 0.29) is 11.7 Å². The van der Waals surface area contributed by atoms with Crippen molar-refractivity contribution in [1.29, 1.82) is 0 Å². The van der Waals surface area contributed by atoms with Gasteiger partial charge in [-0.25, -0.2) is 0 Å². The SMILES string of the molecule is O=C1C=C2C=CC=C3NN=CC(=C1)C23. The maximum absolute atomic E-state index is 11.3. The maximum Gasteiger partial charge on any atom is 0.179 e. The van der Waals surface area contributed by atoms with Crippen molar-refractivity contribution in [2.45, 2.75) is 0 Å². The monoisotopic (exact) mass is 184 g/mol. The third-order valence-electron chi connectivity index (χ3n) is 2.57. The van der Waals surface area contributed by atoms with Gasteiger partial charge in [0, 0.05) is 5.70 Å². The van der Waals surface area contributed by atoms with Crippen molar-refractivity contribution in [3.05, 3.63) is 47.2 Å². The van der Waals surface area contributed by atoms with E-state index in [0.717, 1.165) is 16.8 Å². The van der Waals surface area contributed by atoms with Crippen molar-refractivity contribution in [1.82, 2.24) is 5.43 Å². The van der Waals surface area contributed by atoms with Gasteiger partial charge in [0.25, 0.3) is 0 Å². The van der Waals surface area contributed by atoms with Crippen LogP contribution in [0.3, 0.4) is 0 Å². The fourth-order valence-corrected chi connectivity index (χ4v) is 1.99. The van der Waals surface area contributed by atoms with Gasteiger partial charge in [-0.1, -0.05) is 12.2 Å². The van der Waals surface area contributed by atoms with Crippen molar-refractivity contribution in [2.24, 2.45) is 11.0 Å². The van der Waals surface area contributed by atoms with Gasteiger partial charge in [-0.3, -0.25) is 10.2 Å². The van der Waals surface area contributed by atoms with Crippen LogP contribution in [0.25, 0.3) is 0 Å². The molecule has 1 unspecified atom stereocenters. The quantitative estimate of drug-likeness (QED) is 0.612. The summed E-state index contributed by atoms with van der Waals surface area (Å²) >= 11 is 0. The predicted octanol–water partition coefficient (Wildman–Crippen LogP) is 1.08. The average molecular weight is 184 g/mol. The molecular formula is C11H8N2O. The van der Waals surface area contributed by atoms with Gasteiger partial charge in [0.15, 0.2) is 5.78 Å². The number of hydrogen-bond acceptors (Lipinski definition) is 3. The van der Waals surface area contributed by atoms with E-state index in [4.69, 9.17) is 0 Å². The number of nitrogens with one attached hydrogen (secondary N) is 1. The second kappa shape index (κ2) is 2.54. The highest BCUT2D eigenvalue weighted by atomic mass is 16.1. The average Bonchev–Trinajstić information content (AvgIpc) is 2.18. The molecule has 3 rings (SSSR count). The number of carbonyl (C=O) groups is 1. The minimum absolute atomic E-state index is 0.0468. The summed E-state index contributed by atoms with van der Waals surface area (Å²) < 4.78 is 0. The van der Waals surface area contributed by atoms with Gasteiger partial charge in [0.2, 0.25) is 0 Å².